The summed E-state index contributed by atoms with van der Waals surface area (Å²) in [7, 11) is 1.66. The lowest BCUT2D eigenvalue weighted by Crippen LogP contribution is -2.26. The standard InChI is InChI=1S/C30H23N5O2/c1-30(2,18-31)22-9-11-23(12-10-22)35-28-24-15-19(21-14-20-6-4-5-7-25(20)32-16-21)8-13-26(24)34(37)17-27(28)33(3)29(35)36/h4-17H,1-3H3. The minimum atomic E-state index is -0.647. The van der Waals surface area contributed by atoms with Crippen LogP contribution in [0.25, 0.3) is 49.7 Å². The van der Waals surface area contributed by atoms with Crippen LogP contribution in [0.1, 0.15) is 19.4 Å². The molecule has 3 aromatic carbocycles. The molecule has 3 heterocycles. The van der Waals surface area contributed by atoms with Crippen LogP contribution in [0.2, 0.25) is 0 Å². The van der Waals surface area contributed by atoms with Gasteiger partial charge < -0.3 is 5.21 Å². The van der Waals surface area contributed by atoms with Gasteiger partial charge in [0.2, 0.25) is 11.7 Å². The highest BCUT2D eigenvalue weighted by Crippen LogP contribution is 2.31. The van der Waals surface area contributed by atoms with E-state index in [0.29, 0.717) is 27.6 Å². The first-order valence-electron chi connectivity index (χ1n) is 11.9. The van der Waals surface area contributed by atoms with Gasteiger partial charge in [-0.25, -0.2) is 4.79 Å². The number of aryl methyl sites for hydroxylation is 1. The average Bonchev–Trinajstić information content (AvgIpc) is 3.18. The van der Waals surface area contributed by atoms with E-state index in [4.69, 9.17) is 0 Å². The minimum absolute atomic E-state index is 0.257. The summed E-state index contributed by atoms with van der Waals surface area (Å²) in [6.07, 6.45) is 3.27. The molecule has 37 heavy (non-hydrogen) atoms. The average molecular weight is 486 g/mol. The first kappa shape index (κ1) is 22.5. The van der Waals surface area contributed by atoms with Gasteiger partial charge in [-0.3, -0.25) is 14.1 Å². The van der Waals surface area contributed by atoms with Crippen molar-refractivity contribution in [1.29, 1.82) is 5.26 Å². The summed E-state index contributed by atoms with van der Waals surface area (Å²) in [5.74, 6) is 0. The Morgan fingerprint density at radius 1 is 1.00 bits per heavy atom. The molecule has 7 nitrogen and oxygen atoms in total. The molecule has 0 bridgehead atoms. The summed E-state index contributed by atoms with van der Waals surface area (Å²) < 4.78 is 3.92. The zero-order valence-corrected chi connectivity index (χ0v) is 20.6. The molecule has 6 rings (SSSR count). The lowest BCUT2D eigenvalue weighted by Gasteiger charge is -2.16. The van der Waals surface area contributed by atoms with E-state index < -0.39 is 5.41 Å². The molecule has 180 valence electrons. The van der Waals surface area contributed by atoms with Crippen molar-refractivity contribution in [2.24, 2.45) is 7.05 Å². The second kappa shape index (κ2) is 8.04. The molecule has 0 atom stereocenters. The Morgan fingerprint density at radius 2 is 1.76 bits per heavy atom. The SMILES string of the molecule is Cn1c(=O)n(-c2ccc(C(C)(C)C#N)cc2)c2c3cc(-c4cnc5ccccc5c4)ccc3[n+]([O-])cc21. The highest BCUT2D eigenvalue weighted by atomic mass is 16.5. The van der Waals surface area contributed by atoms with E-state index in [-0.39, 0.29) is 5.69 Å². The third-order valence-electron chi connectivity index (χ3n) is 7.08. The maximum Gasteiger partial charge on any atom is 0.333 e. The predicted molar refractivity (Wildman–Crippen MR) is 144 cm³/mol. The molecule has 0 N–H and O–H groups in total. The lowest BCUT2D eigenvalue weighted by atomic mass is 9.86. The van der Waals surface area contributed by atoms with Gasteiger partial charge in [0.1, 0.15) is 5.52 Å². The fraction of sp³-hybridized carbons (Fsp3) is 0.133. The third-order valence-corrected chi connectivity index (χ3v) is 7.08. The molecule has 7 heteroatoms. The molecular formula is C30H23N5O2. The summed E-state index contributed by atoms with van der Waals surface area (Å²) in [6.45, 7) is 3.71. The maximum atomic E-state index is 13.4. The van der Waals surface area contributed by atoms with Crippen molar-refractivity contribution in [3.05, 3.63) is 106 Å². The second-order valence-electron chi connectivity index (χ2n) is 9.80. The van der Waals surface area contributed by atoms with Crippen molar-refractivity contribution in [3.63, 3.8) is 0 Å². The zero-order valence-electron chi connectivity index (χ0n) is 20.6. The van der Waals surface area contributed by atoms with E-state index in [1.165, 1.54) is 10.8 Å². The van der Waals surface area contributed by atoms with Gasteiger partial charge in [0.05, 0.1) is 33.6 Å². The fourth-order valence-corrected chi connectivity index (χ4v) is 4.87. The van der Waals surface area contributed by atoms with Crippen molar-refractivity contribution < 1.29 is 4.73 Å². The quantitative estimate of drug-likeness (QED) is 0.257. The van der Waals surface area contributed by atoms with E-state index in [9.17, 15) is 15.3 Å². The number of nitrogens with zero attached hydrogens (tertiary/aromatic N) is 5. The number of imidazole rings is 1. The predicted octanol–water partition coefficient (Wildman–Crippen LogP) is 5.13. The molecule has 0 amide bonds. The summed E-state index contributed by atoms with van der Waals surface area (Å²) in [6, 6.07) is 25.4. The molecule has 0 aliphatic carbocycles. The van der Waals surface area contributed by atoms with Crippen molar-refractivity contribution in [2.75, 3.05) is 0 Å². The molecular weight excluding hydrogens is 462 g/mol. The number of hydrogen-bond donors (Lipinski definition) is 0. The number of fused-ring (bicyclic) bond motifs is 4. The van der Waals surface area contributed by atoms with Gasteiger partial charge in [-0.15, -0.1) is 0 Å². The molecule has 0 radical (unpaired) electrons. The zero-order chi connectivity index (χ0) is 25.9. The fourth-order valence-electron chi connectivity index (χ4n) is 4.87. The Labute approximate surface area is 212 Å². The van der Waals surface area contributed by atoms with Gasteiger partial charge in [-0.1, -0.05) is 30.3 Å². The van der Waals surface area contributed by atoms with Crippen LogP contribution in [0.5, 0.6) is 0 Å². The van der Waals surface area contributed by atoms with Crippen LogP contribution in [0.15, 0.2) is 90.0 Å². The summed E-state index contributed by atoms with van der Waals surface area (Å²) in [4.78, 5) is 18.0. The number of nitriles is 1. The van der Waals surface area contributed by atoms with Crippen LogP contribution in [-0.2, 0) is 12.5 Å². The Balaban J connectivity index is 1.62. The molecule has 3 aromatic heterocycles. The molecule has 0 aliphatic rings. The largest absolute Gasteiger partial charge is 0.618 e. The van der Waals surface area contributed by atoms with Gasteiger partial charge in [-0.2, -0.15) is 9.99 Å². The summed E-state index contributed by atoms with van der Waals surface area (Å²) in [5.41, 5.74) is 4.99. The van der Waals surface area contributed by atoms with Crippen molar-refractivity contribution >= 4 is 32.8 Å². The highest BCUT2D eigenvalue weighted by molar-refractivity contribution is 6.03. The van der Waals surface area contributed by atoms with Gasteiger partial charge in [-0.05, 0) is 61.4 Å². The van der Waals surface area contributed by atoms with Crippen LogP contribution < -0.4 is 10.4 Å². The van der Waals surface area contributed by atoms with Crippen LogP contribution >= 0.6 is 0 Å². The Bertz CT molecular complexity index is 1960. The smallest absolute Gasteiger partial charge is 0.333 e. The monoisotopic (exact) mass is 485 g/mol. The third kappa shape index (κ3) is 3.46. The number of pyridine rings is 2. The Kier molecular flexibility index (Phi) is 4.89. The van der Waals surface area contributed by atoms with Gasteiger partial charge in [0.15, 0.2) is 0 Å². The molecule has 6 aromatic rings. The van der Waals surface area contributed by atoms with E-state index in [0.717, 1.165) is 32.3 Å². The Hall–Kier alpha value is -4.96. The first-order chi connectivity index (χ1) is 17.8. The Morgan fingerprint density at radius 3 is 2.51 bits per heavy atom. The van der Waals surface area contributed by atoms with E-state index >= 15 is 0 Å². The number of aromatic nitrogens is 4. The van der Waals surface area contributed by atoms with Gasteiger partial charge >= 0.3 is 5.69 Å². The van der Waals surface area contributed by atoms with Crippen LogP contribution in [-0.4, -0.2) is 14.1 Å². The van der Waals surface area contributed by atoms with E-state index in [1.807, 2.05) is 80.7 Å². The van der Waals surface area contributed by atoms with Crippen LogP contribution in [0.4, 0.5) is 0 Å². The van der Waals surface area contributed by atoms with Crippen LogP contribution in [0, 0.1) is 16.5 Å². The lowest BCUT2D eigenvalue weighted by molar-refractivity contribution is -0.575. The first-order valence-corrected chi connectivity index (χ1v) is 11.9. The molecule has 0 unspecified atom stereocenters. The topological polar surface area (TPSA) is 90.5 Å². The molecule has 0 saturated heterocycles. The van der Waals surface area contributed by atoms with Crippen LogP contribution in [0.3, 0.4) is 0 Å². The highest BCUT2D eigenvalue weighted by Gasteiger charge is 2.23. The van der Waals surface area contributed by atoms with E-state index in [2.05, 4.69) is 17.1 Å². The van der Waals surface area contributed by atoms with Gasteiger partial charge in [0, 0.05) is 30.3 Å². The maximum absolute atomic E-state index is 13.4. The normalized spacial score (nSPS) is 11.8. The molecule has 0 fully saturated rings. The summed E-state index contributed by atoms with van der Waals surface area (Å²) in [5, 5.41) is 24.1. The van der Waals surface area contributed by atoms with E-state index in [1.54, 1.807) is 17.7 Å². The molecule has 0 saturated carbocycles. The van der Waals surface area contributed by atoms with Gasteiger partial charge in [0.25, 0.3) is 0 Å². The number of rotatable bonds is 3. The number of benzene rings is 3. The van der Waals surface area contributed by atoms with Crippen molar-refractivity contribution in [1.82, 2.24) is 14.1 Å². The second-order valence-corrected chi connectivity index (χ2v) is 9.80. The summed E-state index contributed by atoms with van der Waals surface area (Å²) >= 11 is 0. The number of hydrogen-bond acceptors (Lipinski definition) is 4. The number of para-hydroxylation sites is 1. The molecule has 0 spiro atoms. The van der Waals surface area contributed by atoms with Crippen molar-refractivity contribution in [3.8, 4) is 22.9 Å². The minimum Gasteiger partial charge on any atom is -0.618 e. The molecule has 0 aliphatic heterocycles. The van der Waals surface area contributed by atoms with Crippen molar-refractivity contribution in [2.45, 2.75) is 19.3 Å².